The quantitative estimate of drug-likeness (QED) is 0.482. The lowest BCUT2D eigenvalue weighted by molar-refractivity contribution is -0.115. The molecule has 0 saturated carbocycles. The molecule has 2 rings (SSSR count). The Morgan fingerprint density at radius 3 is 1.76 bits per heavy atom. The van der Waals surface area contributed by atoms with E-state index in [4.69, 9.17) is 5.11 Å². The molecule has 0 aliphatic rings. The van der Waals surface area contributed by atoms with Crippen molar-refractivity contribution in [2.45, 2.75) is 6.18 Å². The minimum Gasteiger partial charge on any atom is -0.395 e. The number of nitrogens with one attached hydrogen (secondary N) is 4. The van der Waals surface area contributed by atoms with Crippen LogP contribution in [0.15, 0.2) is 0 Å². The standard InChI is InChI=1S/C12H17F3N8O.ClH/c1-16-10-21-7-6(8(22-10)18-3-4-24)20-11(17-2)23-9(7)19-5-12(13,14)15;/h24H,3-5H2,1-2H3,(H2,16,18,21,22)(H2,17,19,20,23);1H. The predicted octanol–water partition coefficient (Wildman–Crippen LogP) is 1.30. The summed E-state index contributed by atoms with van der Waals surface area (Å²) < 4.78 is 37.5. The van der Waals surface area contributed by atoms with Gasteiger partial charge >= 0.3 is 6.18 Å². The number of hydrogen-bond acceptors (Lipinski definition) is 9. The number of alkyl halides is 3. The van der Waals surface area contributed by atoms with E-state index in [1.54, 1.807) is 14.1 Å². The van der Waals surface area contributed by atoms with E-state index in [-0.39, 0.29) is 60.1 Å². The molecule has 140 valence electrons. The van der Waals surface area contributed by atoms with Gasteiger partial charge in [0.05, 0.1) is 6.61 Å². The molecule has 2 aromatic rings. The molecule has 0 radical (unpaired) electrons. The molecule has 2 aromatic heterocycles. The minimum absolute atomic E-state index is 0. The highest BCUT2D eigenvalue weighted by Gasteiger charge is 2.28. The average Bonchev–Trinajstić information content (AvgIpc) is 2.56. The van der Waals surface area contributed by atoms with E-state index in [2.05, 4.69) is 41.2 Å². The molecule has 0 aliphatic heterocycles. The summed E-state index contributed by atoms with van der Waals surface area (Å²) >= 11 is 0. The maximum Gasteiger partial charge on any atom is 0.405 e. The number of rotatable bonds is 7. The highest BCUT2D eigenvalue weighted by atomic mass is 35.5. The zero-order valence-corrected chi connectivity index (χ0v) is 14.2. The lowest BCUT2D eigenvalue weighted by Gasteiger charge is -2.14. The van der Waals surface area contributed by atoms with Crippen LogP contribution in [0.3, 0.4) is 0 Å². The molecule has 0 fully saturated rings. The third-order valence-corrected chi connectivity index (χ3v) is 2.85. The number of aliphatic hydroxyl groups is 1. The Morgan fingerprint density at radius 2 is 1.36 bits per heavy atom. The SMILES string of the molecule is CNc1nc(NCC(F)(F)F)c2nc(NC)nc(NCCO)c2n1.Cl. The Morgan fingerprint density at radius 1 is 0.880 bits per heavy atom. The van der Waals surface area contributed by atoms with Gasteiger partial charge in [0.15, 0.2) is 11.6 Å². The molecular weight excluding hydrogens is 365 g/mol. The van der Waals surface area contributed by atoms with E-state index in [0.29, 0.717) is 0 Å². The van der Waals surface area contributed by atoms with E-state index < -0.39 is 12.7 Å². The van der Waals surface area contributed by atoms with Crippen molar-refractivity contribution in [3.63, 3.8) is 0 Å². The first kappa shape index (κ1) is 20.7. The predicted molar refractivity (Wildman–Crippen MR) is 91.6 cm³/mol. The van der Waals surface area contributed by atoms with Gasteiger partial charge < -0.3 is 26.4 Å². The van der Waals surface area contributed by atoms with Gasteiger partial charge in [0.25, 0.3) is 0 Å². The van der Waals surface area contributed by atoms with Gasteiger partial charge in [0.1, 0.15) is 17.6 Å². The van der Waals surface area contributed by atoms with Gasteiger partial charge in [-0.2, -0.15) is 23.1 Å². The van der Waals surface area contributed by atoms with E-state index in [1.807, 2.05) is 0 Å². The second-order valence-corrected chi connectivity index (χ2v) is 4.61. The Balaban J connectivity index is 0.00000312. The van der Waals surface area contributed by atoms with Crippen molar-refractivity contribution in [3.8, 4) is 0 Å². The summed E-state index contributed by atoms with van der Waals surface area (Å²) in [6, 6.07) is 0. The van der Waals surface area contributed by atoms with Crippen molar-refractivity contribution >= 4 is 47.0 Å². The zero-order chi connectivity index (χ0) is 17.7. The molecule has 0 unspecified atom stereocenters. The zero-order valence-electron chi connectivity index (χ0n) is 13.4. The minimum atomic E-state index is -4.41. The molecule has 0 bridgehead atoms. The number of hydrogen-bond donors (Lipinski definition) is 5. The van der Waals surface area contributed by atoms with Crippen LogP contribution in [0.5, 0.6) is 0 Å². The van der Waals surface area contributed by atoms with Crippen molar-refractivity contribution in [3.05, 3.63) is 0 Å². The van der Waals surface area contributed by atoms with Gasteiger partial charge in [0, 0.05) is 20.6 Å². The molecule has 9 nitrogen and oxygen atoms in total. The van der Waals surface area contributed by atoms with Crippen LogP contribution in [0.1, 0.15) is 0 Å². The van der Waals surface area contributed by atoms with Gasteiger partial charge in [-0.15, -0.1) is 12.4 Å². The molecule has 13 heteroatoms. The molecule has 0 aliphatic carbocycles. The summed E-state index contributed by atoms with van der Waals surface area (Å²) in [5, 5.41) is 19.4. The van der Waals surface area contributed by atoms with Crippen LogP contribution in [0.25, 0.3) is 11.0 Å². The molecule has 0 aromatic carbocycles. The number of nitrogens with zero attached hydrogens (tertiary/aromatic N) is 4. The first-order valence-corrected chi connectivity index (χ1v) is 6.98. The fourth-order valence-corrected chi connectivity index (χ4v) is 1.84. The summed E-state index contributed by atoms with van der Waals surface area (Å²) in [6.45, 7) is -1.22. The topological polar surface area (TPSA) is 120 Å². The number of anilines is 4. The summed E-state index contributed by atoms with van der Waals surface area (Å²) in [5.41, 5.74) is 0.351. The van der Waals surface area contributed by atoms with Gasteiger partial charge in [-0.25, -0.2) is 9.97 Å². The number of halogens is 4. The molecular formula is C12H18ClF3N8O. The Labute approximate surface area is 147 Å². The summed E-state index contributed by atoms with van der Waals surface area (Å²) in [4.78, 5) is 16.5. The normalized spacial score (nSPS) is 11.0. The molecule has 2 heterocycles. The summed E-state index contributed by atoms with van der Waals surface area (Å²) in [7, 11) is 3.11. The fourth-order valence-electron chi connectivity index (χ4n) is 1.84. The van der Waals surface area contributed by atoms with Crippen molar-refractivity contribution in [2.24, 2.45) is 0 Å². The maximum absolute atomic E-state index is 12.5. The smallest absolute Gasteiger partial charge is 0.395 e. The molecule has 0 spiro atoms. The van der Waals surface area contributed by atoms with Crippen molar-refractivity contribution in [1.29, 1.82) is 0 Å². The van der Waals surface area contributed by atoms with Crippen LogP contribution >= 0.6 is 12.4 Å². The lowest BCUT2D eigenvalue weighted by atomic mass is 10.3. The van der Waals surface area contributed by atoms with Crippen molar-refractivity contribution in [2.75, 3.05) is 55.1 Å². The largest absolute Gasteiger partial charge is 0.405 e. The van der Waals surface area contributed by atoms with Crippen molar-refractivity contribution < 1.29 is 18.3 Å². The summed E-state index contributed by atoms with van der Waals surface area (Å²) in [6.07, 6.45) is -4.41. The molecule has 0 amide bonds. The van der Waals surface area contributed by atoms with Gasteiger partial charge in [-0.05, 0) is 0 Å². The van der Waals surface area contributed by atoms with Gasteiger partial charge in [-0.1, -0.05) is 0 Å². The maximum atomic E-state index is 12.5. The third kappa shape index (κ3) is 5.32. The Hall–Kier alpha value is -2.34. The molecule has 5 N–H and O–H groups in total. The van der Waals surface area contributed by atoms with E-state index in [1.165, 1.54) is 0 Å². The second-order valence-electron chi connectivity index (χ2n) is 4.61. The first-order valence-electron chi connectivity index (χ1n) is 6.98. The Kier molecular flexibility index (Phi) is 7.18. The highest BCUT2D eigenvalue weighted by molar-refractivity contribution is 5.94. The van der Waals surface area contributed by atoms with Crippen LogP contribution in [-0.4, -0.2) is 65.0 Å². The Bertz CT molecular complexity index is 715. The van der Waals surface area contributed by atoms with Crippen LogP contribution in [0.4, 0.5) is 36.7 Å². The van der Waals surface area contributed by atoms with E-state index >= 15 is 0 Å². The molecule has 25 heavy (non-hydrogen) atoms. The summed E-state index contributed by atoms with van der Waals surface area (Å²) in [5.74, 6) is 0.485. The van der Waals surface area contributed by atoms with Crippen LogP contribution in [-0.2, 0) is 0 Å². The van der Waals surface area contributed by atoms with Crippen LogP contribution < -0.4 is 21.3 Å². The van der Waals surface area contributed by atoms with Crippen LogP contribution in [0, 0.1) is 0 Å². The number of aliphatic hydroxyl groups excluding tert-OH is 1. The fraction of sp³-hybridized carbons (Fsp3) is 0.500. The molecule has 0 atom stereocenters. The van der Waals surface area contributed by atoms with Gasteiger partial charge in [-0.3, -0.25) is 0 Å². The third-order valence-electron chi connectivity index (χ3n) is 2.85. The first-order chi connectivity index (χ1) is 11.4. The van der Waals surface area contributed by atoms with E-state index in [0.717, 1.165) is 0 Å². The second kappa shape index (κ2) is 8.67. The van der Waals surface area contributed by atoms with E-state index in [9.17, 15) is 13.2 Å². The number of fused-ring (bicyclic) bond motifs is 1. The average molecular weight is 383 g/mol. The highest BCUT2D eigenvalue weighted by Crippen LogP contribution is 2.27. The monoisotopic (exact) mass is 382 g/mol. The molecule has 0 saturated heterocycles. The van der Waals surface area contributed by atoms with Crippen LogP contribution in [0.2, 0.25) is 0 Å². The van der Waals surface area contributed by atoms with Gasteiger partial charge in [0.2, 0.25) is 11.9 Å². The number of aromatic nitrogens is 4. The van der Waals surface area contributed by atoms with Crippen molar-refractivity contribution in [1.82, 2.24) is 19.9 Å². The lowest BCUT2D eigenvalue weighted by Crippen LogP contribution is -2.22.